The molecule has 0 spiro atoms. The number of carbonyl (C=O) groups is 1. The van der Waals surface area contributed by atoms with E-state index in [0.717, 1.165) is 40.2 Å². The third-order valence-corrected chi connectivity index (χ3v) is 5.39. The number of nitrogens with zero attached hydrogens (tertiary/aromatic N) is 5. The molecule has 0 aliphatic rings. The predicted octanol–water partition coefficient (Wildman–Crippen LogP) is 3.77. The van der Waals surface area contributed by atoms with Crippen LogP contribution in [0.25, 0.3) is 10.9 Å². The highest BCUT2D eigenvalue weighted by Crippen LogP contribution is 2.30. The van der Waals surface area contributed by atoms with E-state index < -0.39 is 5.91 Å². The van der Waals surface area contributed by atoms with Gasteiger partial charge in [0.2, 0.25) is 0 Å². The number of hydrogen-bond acceptors (Lipinski definition) is 7. The SMILES string of the molecule is CCc1ccc(N(C)c2nc(C)nc3ccccc23)cc1Cc1ncc(C(=O)NO)cn1. The molecular weight excluding hydrogens is 404 g/mol. The van der Waals surface area contributed by atoms with Gasteiger partial charge in [0, 0.05) is 36.9 Å². The summed E-state index contributed by atoms with van der Waals surface area (Å²) in [5.41, 5.74) is 6.00. The van der Waals surface area contributed by atoms with E-state index in [1.807, 2.05) is 38.2 Å². The second-order valence-electron chi connectivity index (χ2n) is 7.48. The first-order chi connectivity index (χ1) is 15.5. The Kier molecular flexibility index (Phi) is 6.04. The lowest BCUT2D eigenvalue weighted by molar-refractivity contribution is 0.0705. The largest absolute Gasteiger partial charge is 0.329 e. The van der Waals surface area contributed by atoms with Crippen molar-refractivity contribution >= 4 is 28.3 Å². The first kappa shape index (κ1) is 21.3. The zero-order chi connectivity index (χ0) is 22.7. The van der Waals surface area contributed by atoms with Gasteiger partial charge in [0.05, 0.1) is 11.1 Å². The Morgan fingerprint density at radius 2 is 1.81 bits per heavy atom. The molecule has 0 unspecified atom stereocenters. The van der Waals surface area contributed by atoms with Crippen molar-refractivity contribution in [3.05, 3.63) is 83.2 Å². The average molecular weight is 428 g/mol. The van der Waals surface area contributed by atoms with Crippen LogP contribution in [0.15, 0.2) is 54.9 Å². The van der Waals surface area contributed by atoms with Crippen molar-refractivity contribution in [3.8, 4) is 0 Å². The Morgan fingerprint density at radius 3 is 2.53 bits per heavy atom. The fraction of sp³-hybridized carbons (Fsp3) is 0.208. The van der Waals surface area contributed by atoms with E-state index in [-0.39, 0.29) is 5.56 Å². The van der Waals surface area contributed by atoms with Gasteiger partial charge in [0.15, 0.2) is 0 Å². The molecule has 0 aliphatic heterocycles. The molecule has 162 valence electrons. The van der Waals surface area contributed by atoms with Crippen molar-refractivity contribution in [3.63, 3.8) is 0 Å². The van der Waals surface area contributed by atoms with Crippen LogP contribution in [0.3, 0.4) is 0 Å². The number of amides is 1. The number of fused-ring (bicyclic) bond motifs is 1. The summed E-state index contributed by atoms with van der Waals surface area (Å²) in [6.07, 6.45) is 4.21. The first-order valence-electron chi connectivity index (χ1n) is 10.3. The summed E-state index contributed by atoms with van der Waals surface area (Å²) in [5.74, 6) is 1.52. The summed E-state index contributed by atoms with van der Waals surface area (Å²) < 4.78 is 0. The fourth-order valence-corrected chi connectivity index (χ4v) is 3.68. The Morgan fingerprint density at radius 1 is 1.06 bits per heavy atom. The number of hydroxylamine groups is 1. The van der Waals surface area contributed by atoms with E-state index >= 15 is 0 Å². The molecule has 32 heavy (non-hydrogen) atoms. The lowest BCUT2D eigenvalue weighted by Crippen LogP contribution is -2.19. The molecule has 0 radical (unpaired) electrons. The van der Waals surface area contributed by atoms with Crippen molar-refractivity contribution in [2.45, 2.75) is 26.7 Å². The van der Waals surface area contributed by atoms with Gasteiger partial charge in [-0.1, -0.05) is 25.1 Å². The monoisotopic (exact) mass is 428 g/mol. The molecular formula is C24H24N6O2. The van der Waals surface area contributed by atoms with Crippen LogP contribution < -0.4 is 10.4 Å². The molecule has 4 aromatic rings. The quantitative estimate of drug-likeness (QED) is 0.356. The van der Waals surface area contributed by atoms with Crippen LogP contribution in [0.1, 0.15) is 40.1 Å². The summed E-state index contributed by atoms with van der Waals surface area (Å²) in [6, 6.07) is 14.3. The molecule has 0 saturated carbocycles. The van der Waals surface area contributed by atoms with Crippen molar-refractivity contribution in [2.75, 3.05) is 11.9 Å². The van der Waals surface area contributed by atoms with E-state index in [2.05, 4.69) is 45.0 Å². The molecule has 0 aliphatic carbocycles. The van der Waals surface area contributed by atoms with E-state index in [1.54, 1.807) is 5.48 Å². The molecule has 2 aromatic heterocycles. The van der Waals surface area contributed by atoms with Gasteiger partial charge >= 0.3 is 0 Å². The first-order valence-corrected chi connectivity index (χ1v) is 10.3. The second-order valence-corrected chi connectivity index (χ2v) is 7.48. The van der Waals surface area contributed by atoms with Gasteiger partial charge in [0.1, 0.15) is 17.5 Å². The molecule has 8 heteroatoms. The number of aryl methyl sites for hydroxylation is 2. The van der Waals surface area contributed by atoms with Gasteiger partial charge in [0.25, 0.3) is 5.91 Å². The summed E-state index contributed by atoms with van der Waals surface area (Å²) in [4.78, 5) is 31.4. The van der Waals surface area contributed by atoms with Crippen molar-refractivity contribution in [2.24, 2.45) is 0 Å². The number of benzene rings is 2. The Balaban J connectivity index is 1.69. The van der Waals surface area contributed by atoms with Crippen molar-refractivity contribution < 1.29 is 10.0 Å². The Hall–Kier alpha value is -3.91. The lowest BCUT2D eigenvalue weighted by Gasteiger charge is -2.22. The molecule has 8 nitrogen and oxygen atoms in total. The minimum absolute atomic E-state index is 0.200. The highest BCUT2D eigenvalue weighted by molar-refractivity contribution is 5.92. The van der Waals surface area contributed by atoms with E-state index in [9.17, 15) is 4.79 Å². The van der Waals surface area contributed by atoms with Gasteiger partial charge in [-0.15, -0.1) is 0 Å². The normalized spacial score (nSPS) is 10.9. The number of nitrogens with one attached hydrogen (secondary N) is 1. The molecule has 2 N–H and O–H groups in total. The van der Waals surface area contributed by atoms with Crippen LogP contribution in [0.2, 0.25) is 0 Å². The number of rotatable bonds is 6. The van der Waals surface area contributed by atoms with Crippen LogP contribution in [-0.4, -0.2) is 38.1 Å². The lowest BCUT2D eigenvalue weighted by atomic mass is 10.0. The molecule has 1 amide bonds. The number of aromatic nitrogens is 4. The van der Waals surface area contributed by atoms with Gasteiger partial charge < -0.3 is 4.90 Å². The summed E-state index contributed by atoms with van der Waals surface area (Å²) in [6.45, 7) is 4.01. The van der Waals surface area contributed by atoms with Crippen LogP contribution >= 0.6 is 0 Å². The highest BCUT2D eigenvalue weighted by atomic mass is 16.5. The van der Waals surface area contributed by atoms with E-state index in [4.69, 9.17) is 10.2 Å². The maximum atomic E-state index is 11.5. The van der Waals surface area contributed by atoms with Gasteiger partial charge in [-0.05, 0) is 48.7 Å². The van der Waals surface area contributed by atoms with Gasteiger partial charge in [-0.2, -0.15) is 0 Å². The highest BCUT2D eigenvalue weighted by Gasteiger charge is 2.14. The van der Waals surface area contributed by atoms with Gasteiger partial charge in [-0.25, -0.2) is 25.4 Å². The minimum atomic E-state index is -0.637. The minimum Gasteiger partial charge on any atom is -0.329 e. The Labute approximate surface area is 186 Å². The maximum absolute atomic E-state index is 11.5. The molecule has 2 aromatic carbocycles. The zero-order valence-electron chi connectivity index (χ0n) is 18.2. The van der Waals surface area contributed by atoms with Crippen LogP contribution in [0, 0.1) is 6.92 Å². The number of carbonyl (C=O) groups excluding carboxylic acids is 1. The third kappa shape index (κ3) is 4.26. The molecule has 2 heterocycles. The zero-order valence-corrected chi connectivity index (χ0v) is 18.2. The second kappa shape index (κ2) is 9.07. The smallest absolute Gasteiger partial charge is 0.277 e. The number of anilines is 2. The van der Waals surface area contributed by atoms with Crippen LogP contribution in [-0.2, 0) is 12.8 Å². The van der Waals surface area contributed by atoms with Crippen LogP contribution in [0.4, 0.5) is 11.5 Å². The van der Waals surface area contributed by atoms with E-state index in [1.165, 1.54) is 18.0 Å². The summed E-state index contributed by atoms with van der Waals surface area (Å²) in [5, 5.41) is 9.74. The summed E-state index contributed by atoms with van der Waals surface area (Å²) in [7, 11) is 2.00. The van der Waals surface area contributed by atoms with E-state index in [0.29, 0.717) is 12.2 Å². The number of para-hydroxylation sites is 1. The molecule has 0 fully saturated rings. The third-order valence-electron chi connectivity index (χ3n) is 5.39. The maximum Gasteiger partial charge on any atom is 0.277 e. The fourth-order valence-electron chi connectivity index (χ4n) is 3.68. The molecule has 0 bridgehead atoms. The van der Waals surface area contributed by atoms with Crippen molar-refractivity contribution in [1.82, 2.24) is 25.4 Å². The Bertz CT molecular complexity index is 1270. The topological polar surface area (TPSA) is 104 Å². The molecule has 0 atom stereocenters. The van der Waals surface area contributed by atoms with Crippen LogP contribution in [0.5, 0.6) is 0 Å². The van der Waals surface area contributed by atoms with Crippen molar-refractivity contribution in [1.29, 1.82) is 0 Å². The summed E-state index contributed by atoms with van der Waals surface area (Å²) >= 11 is 0. The number of hydrogen-bond donors (Lipinski definition) is 2. The predicted molar refractivity (Wildman–Crippen MR) is 122 cm³/mol. The molecule has 4 rings (SSSR count). The standard InChI is InChI=1S/C24H24N6O2/c1-4-16-9-10-19(11-17(16)12-22-25-13-18(14-26-22)24(31)29-32)30(3)23-20-7-5-6-8-21(20)27-15(2)28-23/h5-11,13-14,32H,4,12H2,1-3H3,(H,29,31). The average Bonchev–Trinajstić information content (AvgIpc) is 2.83. The molecule has 0 saturated heterocycles. The van der Waals surface area contributed by atoms with Gasteiger partial charge in [-0.3, -0.25) is 10.0 Å².